The first-order chi connectivity index (χ1) is 28.7. The summed E-state index contributed by atoms with van der Waals surface area (Å²) in [4.78, 5) is 15.1. The van der Waals surface area contributed by atoms with Gasteiger partial charge in [0.15, 0.2) is 7.14 Å². The summed E-state index contributed by atoms with van der Waals surface area (Å²) in [5, 5.41) is 11.0. The van der Waals surface area contributed by atoms with Crippen LogP contribution in [0, 0.1) is 0 Å². The van der Waals surface area contributed by atoms with Crippen LogP contribution in [0.5, 0.6) is 0 Å². The predicted octanol–water partition coefficient (Wildman–Crippen LogP) is 12.3. The lowest BCUT2D eigenvalue weighted by Crippen LogP contribution is -2.25. The minimum atomic E-state index is -3.25. The van der Waals surface area contributed by atoms with Crippen LogP contribution in [-0.4, -0.2) is 15.0 Å². The molecule has 0 saturated heterocycles. The number of hydrogen-bond donors (Lipinski definition) is 0. The van der Waals surface area contributed by atoms with Gasteiger partial charge in [-0.05, 0) is 73.8 Å². The van der Waals surface area contributed by atoms with Crippen molar-refractivity contribution >= 4 is 77.2 Å². The zero-order valence-corrected chi connectivity index (χ0v) is 32.2. The second-order valence-electron chi connectivity index (χ2n) is 14.6. The van der Waals surface area contributed by atoms with Crippen molar-refractivity contribution in [3.05, 3.63) is 206 Å². The van der Waals surface area contributed by atoms with E-state index in [1.54, 1.807) is 6.20 Å². The molecule has 0 aliphatic heterocycles. The lowest BCUT2D eigenvalue weighted by Gasteiger charge is -2.23. The second kappa shape index (κ2) is 13.7. The maximum atomic E-state index is 15.8. The number of pyridine rings is 3. The van der Waals surface area contributed by atoms with Crippen LogP contribution in [0.15, 0.2) is 206 Å². The van der Waals surface area contributed by atoms with Gasteiger partial charge in [0.25, 0.3) is 0 Å². The van der Waals surface area contributed by atoms with Crippen LogP contribution in [0.3, 0.4) is 0 Å². The molecule has 4 nitrogen and oxygen atoms in total. The van der Waals surface area contributed by atoms with Gasteiger partial charge in [-0.2, -0.15) is 0 Å². The van der Waals surface area contributed by atoms with E-state index in [1.165, 1.54) is 0 Å². The van der Waals surface area contributed by atoms with E-state index >= 15 is 4.57 Å². The number of benzene rings is 8. The first kappa shape index (κ1) is 34.0. The van der Waals surface area contributed by atoms with Gasteiger partial charge in [0.1, 0.15) is 0 Å². The van der Waals surface area contributed by atoms with Gasteiger partial charge in [-0.1, -0.05) is 170 Å². The maximum absolute atomic E-state index is 15.8. The highest BCUT2D eigenvalue weighted by molar-refractivity contribution is 7.85. The smallest absolute Gasteiger partial charge is 0.171 e. The Bertz CT molecular complexity index is 3320. The summed E-state index contributed by atoms with van der Waals surface area (Å²) in [6.45, 7) is 0. The fourth-order valence-electron chi connectivity index (χ4n) is 8.74. The van der Waals surface area contributed by atoms with Gasteiger partial charge < -0.3 is 4.57 Å². The van der Waals surface area contributed by atoms with Gasteiger partial charge >= 0.3 is 0 Å². The van der Waals surface area contributed by atoms with Crippen molar-refractivity contribution in [2.24, 2.45) is 0 Å². The lowest BCUT2D eigenvalue weighted by molar-refractivity contribution is 0.592. The number of nitrogens with zero attached hydrogens (tertiary/aromatic N) is 3. The van der Waals surface area contributed by atoms with Crippen molar-refractivity contribution in [1.82, 2.24) is 15.0 Å². The van der Waals surface area contributed by atoms with E-state index in [0.717, 1.165) is 104 Å². The zero-order valence-electron chi connectivity index (χ0n) is 31.3. The number of rotatable bonds is 6. The molecule has 0 saturated carbocycles. The summed E-state index contributed by atoms with van der Waals surface area (Å²) in [5.41, 5.74) is 7.54. The Morgan fingerprint density at radius 2 is 0.810 bits per heavy atom. The summed E-state index contributed by atoms with van der Waals surface area (Å²) >= 11 is 0. The first-order valence-corrected chi connectivity index (χ1v) is 21.2. The van der Waals surface area contributed by atoms with Crippen molar-refractivity contribution in [3.63, 3.8) is 0 Å². The molecule has 0 atom stereocenters. The van der Waals surface area contributed by atoms with Gasteiger partial charge in [0.2, 0.25) is 0 Å². The van der Waals surface area contributed by atoms with Crippen molar-refractivity contribution < 1.29 is 4.57 Å². The van der Waals surface area contributed by atoms with Crippen LogP contribution in [0.4, 0.5) is 0 Å². The third-order valence-electron chi connectivity index (χ3n) is 11.4. The zero-order chi connectivity index (χ0) is 38.6. The average molecular weight is 760 g/mol. The number of aromatic nitrogens is 3. The summed E-state index contributed by atoms with van der Waals surface area (Å²) < 4.78 is 15.8. The molecule has 0 spiro atoms. The third-order valence-corrected chi connectivity index (χ3v) is 14.5. The molecule has 8 aromatic carbocycles. The van der Waals surface area contributed by atoms with E-state index < -0.39 is 7.14 Å². The molecule has 0 fully saturated rings. The quantitative estimate of drug-likeness (QED) is 0.0962. The molecular formula is C53H34N3OP. The Morgan fingerprint density at radius 1 is 0.345 bits per heavy atom. The number of hydrogen-bond acceptors (Lipinski definition) is 4. The highest BCUT2D eigenvalue weighted by atomic mass is 31.2. The van der Waals surface area contributed by atoms with Gasteiger partial charge in [-0.3, -0.25) is 4.98 Å². The summed E-state index contributed by atoms with van der Waals surface area (Å²) in [7, 11) is -3.25. The minimum absolute atomic E-state index is 0.815. The van der Waals surface area contributed by atoms with Crippen LogP contribution < -0.4 is 15.9 Å². The summed E-state index contributed by atoms with van der Waals surface area (Å²) in [5.74, 6) is 0. The Hall–Kier alpha value is -7.26. The highest BCUT2D eigenvalue weighted by Crippen LogP contribution is 2.48. The van der Waals surface area contributed by atoms with E-state index in [9.17, 15) is 0 Å². The third kappa shape index (κ3) is 5.38. The minimum Gasteiger partial charge on any atom is -0.309 e. The molecule has 58 heavy (non-hydrogen) atoms. The average Bonchev–Trinajstić information content (AvgIpc) is 3.30. The fraction of sp³-hybridized carbons (Fsp3) is 0. The first-order valence-electron chi connectivity index (χ1n) is 19.5. The lowest BCUT2D eigenvalue weighted by atomic mass is 9.85. The van der Waals surface area contributed by atoms with Gasteiger partial charge in [0.05, 0.1) is 28.1 Å². The molecule has 0 radical (unpaired) electrons. The standard InChI is InChI=1S/C53H34N3OP/c57-58(37-15-3-1-4-16-37,38-17-5-2-6-18-38)49-33-30-45(39-19-7-8-20-40(39)49)50-41-21-9-11-23-43(41)51(44-24-12-10-22-42(44)50)48-32-29-36-27-26-35-28-31-47(46-25-13-14-34-54-46)55-52(35)53(36)56-48/h1-34H. The Labute approximate surface area is 335 Å². The van der Waals surface area contributed by atoms with Crippen molar-refractivity contribution in [2.45, 2.75) is 0 Å². The van der Waals surface area contributed by atoms with E-state index in [0.29, 0.717) is 0 Å². The van der Waals surface area contributed by atoms with Crippen LogP contribution in [0.2, 0.25) is 0 Å². The fourth-order valence-corrected chi connectivity index (χ4v) is 11.6. The monoisotopic (exact) mass is 759 g/mol. The molecule has 0 aliphatic rings. The summed E-state index contributed by atoms with van der Waals surface area (Å²) in [6, 6.07) is 68.5. The molecule has 11 rings (SSSR count). The Balaban J connectivity index is 1.16. The molecule has 3 aromatic heterocycles. The van der Waals surface area contributed by atoms with E-state index in [-0.39, 0.29) is 0 Å². The van der Waals surface area contributed by atoms with Crippen LogP contribution >= 0.6 is 7.14 Å². The summed E-state index contributed by atoms with van der Waals surface area (Å²) in [6.07, 6.45) is 1.80. The molecule has 5 heteroatoms. The van der Waals surface area contributed by atoms with E-state index in [1.807, 2.05) is 84.9 Å². The predicted molar refractivity (Wildman–Crippen MR) is 243 cm³/mol. The molecule has 0 unspecified atom stereocenters. The van der Waals surface area contributed by atoms with Crippen molar-refractivity contribution in [3.8, 4) is 33.8 Å². The molecule has 272 valence electrons. The molecule has 0 bridgehead atoms. The van der Waals surface area contributed by atoms with Crippen LogP contribution in [-0.2, 0) is 4.57 Å². The largest absolute Gasteiger partial charge is 0.309 e. The van der Waals surface area contributed by atoms with Crippen LogP contribution in [0.25, 0.3) is 87.9 Å². The van der Waals surface area contributed by atoms with Crippen molar-refractivity contribution in [1.29, 1.82) is 0 Å². The molecule has 11 aromatic rings. The van der Waals surface area contributed by atoms with Gasteiger partial charge in [-0.15, -0.1) is 0 Å². The van der Waals surface area contributed by atoms with Crippen molar-refractivity contribution in [2.75, 3.05) is 0 Å². The second-order valence-corrected chi connectivity index (χ2v) is 17.3. The topological polar surface area (TPSA) is 55.7 Å². The van der Waals surface area contributed by atoms with Gasteiger partial charge in [-0.25, -0.2) is 9.97 Å². The molecule has 0 N–H and O–H groups in total. The van der Waals surface area contributed by atoms with E-state index in [2.05, 4.69) is 120 Å². The van der Waals surface area contributed by atoms with Crippen LogP contribution in [0.1, 0.15) is 0 Å². The van der Waals surface area contributed by atoms with Gasteiger partial charge in [0, 0.05) is 38.4 Å². The SMILES string of the molecule is O=P(c1ccccc1)(c1ccccc1)c1ccc(-c2c3ccccc3c(-c3ccc4ccc5ccc(-c6ccccn6)nc5c4n3)c3ccccc23)c2ccccc12. The Morgan fingerprint density at radius 3 is 1.38 bits per heavy atom. The van der Waals surface area contributed by atoms with E-state index in [4.69, 9.17) is 9.97 Å². The molecule has 0 aliphatic carbocycles. The normalized spacial score (nSPS) is 11.9. The molecule has 0 amide bonds. The maximum Gasteiger partial charge on any atom is 0.171 e. The molecular weight excluding hydrogens is 726 g/mol. The number of fused-ring (bicyclic) bond motifs is 6. The highest BCUT2D eigenvalue weighted by Gasteiger charge is 2.32. The Kier molecular flexibility index (Phi) is 8.06. The molecule has 3 heterocycles.